The summed E-state index contributed by atoms with van der Waals surface area (Å²) in [5.41, 5.74) is 6.35. The fourth-order valence-corrected chi connectivity index (χ4v) is 3.03. The number of halogens is 1. The number of carbonyl (C=O) groups excluding carboxylic acids is 2. The van der Waals surface area contributed by atoms with Gasteiger partial charge in [0.1, 0.15) is 0 Å². The minimum atomic E-state index is -0.437. The van der Waals surface area contributed by atoms with Crippen molar-refractivity contribution in [3.8, 4) is 0 Å². The topological polar surface area (TPSA) is 93.3 Å². The number of anilines is 1. The normalized spacial score (nSPS) is 16.5. The van der Waals surface area contributed by atoms with E-state index >= 15 is 0 Å². The quantitative estimate of drug-likeness (QED) is 0.802. The number of amides is 2. The predicted octanol–water partition coefficient (Wildman–Crippen LogP) is 1.75. The van der Waals surface area contributed by atoms with Crippen LogP contribution >= 0.6 is 12.4 Å². The maximum atomic E-state index is 12.9. The van der Waals surface area contributed by atoms with Crippen LogP contribution in [0.15, 0.2) is 42.6 Å². The summed E-state index contributed by atoms with van der Waals surface area (Å²) in [4.78, 5) is 25.7. The molecule has 3 N–H and O–H groups in total. The lowest BCUT2D eigenvalue weighted by Gasteiger charge is -2.23. The molecule has 1 atom stereocenters. The van der Waals surface area contributed by atoms with E-state index in [9.17, 15) is 9.59 Å². The van der Waals surface area contributed by atoms with Crippen LogP contribution in [0.5, 0.6) is 0 Å². The molecule has 2 heterocycles. The van der Waals surface area contributed by atoms with Gasteiger partial charge in [-0.15, -0.1) is 12.4 Å². The number of primary amides is 1. The standard InChI is InChI=1S/C18H23N5O2.ClH/c19-17(24)9-11-22(14-5-2-1-3-6-14)18(25)16-8-12-23(21-16)15-7-4-10-20-13-15;/h1-3,5-6,8,12,15,20H,4,7,9-11,13H2,(H2,19,24);1H. The molecule has 2 aromatic rings. The Morgan fingerprint density at radius 1 is 1.27 bits per heavy atom. The van der Waals surface area contributed by atoms with Crippen LogP contribution in [-0.4, -0.2) is 41.2 Å². The minimum absolute atomic E-state index is 0. The number of aromatic nitrogens is 2. The van der Waals surface area contributed by atoms with Crippen molar-refractivity contribution in [1.82, 2.24) is 15.1 Å². The number of hydrogen-bond acceptors (Lipinski definition) is 4. The maximum absolute atomic E-state index is 12.9. The molecule has 1 aromatic carbocycles. The van der Waals surface area contributed by atoms with Gasteiger partial charge in [-0.3, -0.25) is 14.3 Å². The second-order valence-electron chi connectivity index (χ2n) is 6.19. The monoisotopic (exact) mass is 377 g/mol. The van der Waals surface area contributed by atoms with E-state index in [0.29, 0.717) is 5.69 Å². The van der Waals surface area contributed by atoms with Crippen LogP contribution in [-0.2, 0) is 4.79 Å². The summed E-state index contributed by atoms with van der Waals surface area (Å²) in [5, 5.41) is 7.82. The van der Waals surface area contributed by atoms with E-state index < -0.39 is 5.91 Å². The summed E-state index contributed by atoms with van der Waals surface area (Å²) in [6, 6.07) is 11.3. The first-order chi connectivity index (χ1) is 12.1. The molecule has 0 saturated carbocycles. The zero-order valence-electron chi connectivity index (χ0n) is 14.5. The number of hydrogen-bond donors (Lipinski definition) is 2. The van der Waals surface area contributed by atoms with E-state index in [1.807, 2.05) is 41.2 Å². The molecule has 0 radical (unpaired) electrons. The first-order valence-electron chi connectivity index (χ1n) is 8.56. The maximum Gasteiger partial charge on any atom is 0.278 e. The van der Waals surface area contributed by atoms with Crippen LogP contribution in [0, 0.1) is 0 Å². The van der Waals surface area contributed by atoms with Gasteiger partial charge in [0.05, 0.1) is 6.04 Å². The first-order valence-corrected chi connectivity index (χ1v) is 8.56. The molecule has 0 aliphatic carbocycles. The summed E-state index contributed by atoms with van der Waals surface area (Å²) in [5.74, 6) is -0.664. The van der Waals surface area contributed by atoms with Crippen molar-refractivity contribution in [3.05, 3.63) is 48.3 Å². The highest BCUT2D eigenvalue weighted by Gasteiger charge is 2.22. The number of nitrogens with one attached hydrogen (secondary N) is 1. The van der Waals surface area contributed by atoms with Crippen molar-refractivity contribution in [2.75, 3.05) is 24.5 Å². The fraction of sp³-hybridized carbons (Fsp3) is 0.389. The summed E-state index contributed by atoms with van der Waals surface area (Å²) < 4.78 is 1.86. The van der Waals surface area contributed by atoms with Crippen LogP contribution in [0.1, 0.15) is 35.8 Å². The first kappa shape index (κ1) is 19.9. The van der Waals surface area contributed by atoms with Gasteiger partial charge in [0, 0.05) is 31.4 Å². The van der Waals surface area contributed by atoms with E-state index in [1.54, 1.807) is 11.0 Å². The van der Waals surface area contributed by atoms with Gasteiger partial charge >= 0.3 is 0 Å². The molecule has 3 rings (SSSR count). The van der Waals surface area contributed by atoms with E-state index in [1.165, 1.54) is 0 Å². The van der Waals surface area contributed by atoms with Gasteiger partial charge in [-0.1, -0.05) is 18.2 Å². The minimum Gasteiger partial charge on any atom is -0.370 e. The Bertz CT molecular complexity index is 728. The Morgan fingerprint density at radius 2 is 2.04 bits per heavy atom. The van der Waals surface area contributed by atoms with Gasteiger partial charge in [0.2, 0.25) is 5.91 Å². The predicted molar refractivity (Wildman–Crippen MR) is 103 cm³/mol. The van der Waals surface area contributed by atoms with Gasteiger partial charge in [0.15, 0.2) is 5.69 Å². The molecule has 1 unspecified atom stereocenters. The van der Waals surface area contributed by atoms with E-state index in [0.717, 1.165) is 31.6 Å². The number of nitrogens with two attached hydrogens (primary N) is 1. The number of benzene rings is 1. The van der Waals surface area contributed by atoms with E-state index in [-0.39, 0.29) is 37.3 Å². The molecule has 140 valence electrons. The van der Waals surface area contributed by atoms with Gasteiger partial charge in [-0.05, 0) is 37.6 Å². The number of piperidine rings is 1. The van der Waals surface area contributed by atoms with Crippen LogP contribution in [0.25, 0.3) is 0 Å². The second kappa shape index (κ2) is 9.35. The third-order valence-corrected chi connectivity index (χ3v) is 4.37. The summed E-state index contributed by atoms with van der Waals surface area (Å²) in [6.45, 7) is 2.12. The van der Waals surface area contributed by atoms with Crippen molar-refractivity contribution in [2.24, 2.45) is 5.73 Å². The third-order valence-electron chi connectivity index (χ3n) is 4.37. The fourth-order valence-electron chi connectivity index (χ4n) is 3.03. The molecule has 0 spiro atoms. The molecule has 1 aliphatic rings. The Labute approximate surface area is 159 Å². The number of para-hydroxylation sites is 1. The van der Waals surface area contributed by atoms with Crippen LogP contribution in [0.2, 0.25) is 0 Å². The average Bonchev–Trinajstić information content (AvgIpc) is 3.13. The molecule has 2 amide bonds. The molecule has 26 heavy (non-hydrogen) atoms. The van der Waals surface area contributed by atoms with Gasteiger partial charge in [-0.25, -0.2) is 0 Å². The Kier molecular flexibility index (Phi) is 7.17. The van der Waals surface area contributed by atoms with Gasteiger partial charge < -0.3 is 16.0 Å². The number of carbonyl (C=O) groups is 2. The lowest BCUT2D eigenvalue weighted by Crippen LogP contribution is -2.35. The Balaban J connectivity index is 0.00000243. The smallest absolute Gasteiger partial charge is 0.278 e. The Hall–Kier alpha value is -2.38. The van der Waals surface area contributed by atoms with Gasteiger partial charge in [-0.2, -0.15) is 5.10 Å². The number of rotatable bonds is 6. The van der Waals surface area contributed by atoms with Crippen molar-refractivity contribution >= 4 is 29.9 Å². The van der Waals surface area contributed by atoms with E-state index in [2.05, 4.69) is 10.4 Å². The summed E-state index contributed by atoms with van der Waals surface area (Å²) in [7, 11) is 0. The zero-order chi connectivity index (χ0) is 17.6. The third kappa shape index (κ3) is 4.83. The molecule has 7 nitrogen and oxygen atoms in total. The van der Waals surface area contributed by atoms with Crippen molar-refractivity contribution < 1.29 is 9.59 Å². The highest BCUT2D eigenvalue weighted by molar-refractivity contribution is 6.05. The molecule has 0 bridgehead atoms. The Morgan fingerprint density at radius 3 is 2.69 bits per heavy atom. The summed E-state index contributed by atoms with van der Waals surface area (Å²) in [6.07, 6.45) is 4.10. The van der Waals surface area contributed by atoms with Crippen molar-refractivity contribution in [2.45, 2.75) is 25.3 Å². The zero-order valence-corrected chi connectivity index (χ0v) is 15.3. The summed E-state index contributed by atoms with van der Waals surface area (Å²) >= 11 is 0. The highest BCUT2D eigenvalue weighted by atomic mass is 35.5. The molecule has 1 fully saturated rings. The molecule has 1 aromatic heterocycles. The highest BCUT2D eigenvalue weighted by Crippen LogP contribution is 2.19. The van der Waals surface area contributed by atoms with Crippen LogP contribution < -0.4 is 16.0 Å². The van der Waals surface area contributed by atoms with Crippen molar-refractivity contribution in [3.63, 3.8) is 0 Å². The molecular weight excluding hydrogens is 354 g/mol. The molecule has 1 saturated heterocycles. The SMILES string of the molecule is Cl.NC(=O)CCN(C(=O)c1ccn(C2CCCNC2)n1)c1ccccc1. The van der Waals surface area contributed by atoms with Crippen molar-refractivity contribution in [1.29, 1.82) is 0 Å². The number of nitrogens with zero attached hydrogens (tertiary/aromatic N) is 3. The van der Waals surface area contributed by atoms with Crippen LogP contribution in [0.4, 0.5) is 5.69 Å². The second-order valence-corrected chi connectivity index (χ2v) is 6.19. The molecular formula is C18H24ClN5O2. The lowest BCUT2D eigenvalue weighted by molar-refractivity contribution is -0.117. The van der Waals surface area contributed by atoms with Crippen LogP contribution in [0.3, 0.4) is 0 Å². The average molecular weight is 378 g/mol. The molecule has 1 aliphatic heterocycles. The largest absolute Gasteiger partial charge is 0.370 e. The van der Waals surface area contributed by atoms with Gasteiger partial charge in [0.25, 0.3) is 5.91 Å². The molecule has 8 heteroatoms. The van der Waals surface area contributed by atoms with E-state index in [4.69, 9.17) is 5.73 Å². The lowest BCUT2D eigenvalue weighted by atomic mass is 10.1.